The van der Waals surface area contributed by atoms with Gasteiger partial charge in [0, 0.05) is 5.56 Å². The van der Waals surface area contributed by atoms with Crippen LogP contribution in [0.5, 0.6) is 0 Å². The summed E-state index contributed by atoms with van der Waals surface area (Å²) in [6, 6.07) is 4.60. The van der Waals surface area contributed by atoms with Gasteiger partial charge in [-0.25, -0.2) is 0 Å². The number of hydrogen-bond acceptors (Lipinski definition) is 2. The molecule has 2 nitrogen and oxygen atoms in total. The monoisotopic (exact) mass is 223 g/mol. The Morgan fingerprint density at radius 1 is 1.29 bits per heavy atom. The van der Waals surface area contributed by atoms with Crippen molar-refractivity contribution in [2.45, 2.75) is 6.18 Å². The largest absolute Gasteiger partial charge is 0.417 e. The smallest absolute Gasteiger partial charge is 0.410 e. The maximum absolute atomic E-state index is 12.3. The summed E-state index contributed by atoms with van der Waals surface area (Å²) in [7, 11) is 0. The van der Waals surface area contributed by atoms with Gasteiger partial charge in [0.15, 0.2) is 5.17 Å². The topological polar surface area (TPSA) is 32.6 Å². The van der Waals surface area contributed by atoms with Gasteiger partial charge in [-0.3, -0.25) is 0 Å². The second kappa shape index (κ2) is 3.88. The van der Waals surface area contributed by atoms with E-state index in [-0.39, 0.29) is 5.56 Å². The molecular weight excluding hydrogens is 219 g/mol. The van der Waals surface area contributed by atoms with Crippen LogP contribution in [-0.2, 0) is 6.18 Å². The van der Waals surface area contributed by atoms with Gasteiger partial charge in [-0.15, -0.1) is 0 Å². The molecule has 0 aliphatic heterocycles. The van der Waals surface area contributed by atoms with Crippen molar-refractivity contribution < 1.29 is 18.4 Å². The number of hydrogen-bond donors (Lipinski definition) is 1. The summed E-state index contributed by atoms with van der Waals surface area (Å²) >= 11 is 5.30. The van der Waals surface area contributed by atoms with Crippen LogP contribution >= 0.6 is 11.6 Å². The number of alkyl halides is 3. The second-order valence-electron chi connectivity index (χ2n) is 2.43. The van der Waals surface area contributed by atoms with E-state index in [1.54, 1.807) is 0 Å². The maximum Gasteiger partial charge on any atom is 0.417 e. The molecule has 1 aromatic rings. The molecule has 6 heteroatoms. The first-order chi connectivity index (χ1) is 6.46. The molecule has 0 saturated carbocycles. The Bertz CT molecular complexity index is 362. The van der Waals surface area contributed by atoms with Crippen molar-refractivity contribution in [3.05, 3.63) is 35.4 Å². The highest BCUT2D eigenvalue weighted by Gasteiger charge is 2.33. The van der Waals surface area contributed by atoms with Gasteiger partial charge in [-0.2, -0.15) is 13.2 Å². The molecule has 0 fully saturated rings. The van der Waals surface area contributed by atoms with E-state index in [0.29, 0.717) is 0 Å². The van der Waals surface area contributed by atoms with Crippen molar-refractivity contribution >= 4 is 16.8 Å². The lowest BCUT2D eigenvalue weighted by atomic mass is 10.1. The van der Waals surface area contributed by atoms with Gasteiger partial charge in [-0.05, 0) is 6.07 Å². The molecule has 0 heterocycles. The Morgan fingerprint density at radius 2 is 1.86 bits per heavy atom. The Kier molecular flexibility index (Phi) is 3.00. The predicted octanol–water partition coefficient (Wildman–Crippen LogP) is 3.08. The summed E-state index contributed by atoms with van der Waals surface area (Å²) in [5.74, 6) is 0. The highest BCUT2D eigenvalue weighted by Crippen LogP contribution is 2.32. The maximum atomic E-state index is 12.3. The van der Waals surface area contributed by atoms with Crippen LogP contribution in [0.1, 0.15) is 11.1 Å². The number of halogens is 4. The Morgan fingerprint density at radius 3 is 2.36 bits per heavy atom. The van der Waals surface area contributed by atoms with Crippen LogP contribution in [0.15, 0.2) is 29.4 Å². The van der Waals surface area contributed by atoms with E-state index >= 15 is 0 Å². The van der Waals surface area contributed by atoms with E-state index in [2.05, 4.69) is 5.16 Å². The minimum Gasteiger partial charge on any atom is -0.410 e. The third kappa shape index (κ3) is 2.17. The number of oxime groups is 1. The fourth-order valence-corrected chi connectivity index (χ4v) is 1.13. The van der Waals surface area contributed by atoms with Gasteiger partial charge in [0.2, 0.25) is 0 Å². The Hall–Kier alpha value is -1.23. The summed E-state index contributed by atoms with van der Waals surface area (Å²) < 4.78 is 37.0. The summed E-state index contributed by atoms with van der Waals surface area (Å²) in [4.78, 5) is 0. The fraction of sp³-hybridized carbons (Fsp3) is 0.125. The van der Waals surface area contributed by atoms with Gasteiger partial charge in [-0.1, -0.05) is 35.0 Å². The third-order valence-corrected chi connectivity index (χ3v) is 1.82. The molecule has 0 saturated heterocycles. The van der Waals surface area contributed by atoms with Crippen LogP contribution in [-0.4, -0.2) is 10.4 Å². The van der Waals surface area contributed by atoms with Gasteiger partial charge in [0.05, 0.1) is 5.56 Å². The lowest BCUT2D eigenvalue weighted by Gasteiger charge is -2.10. The van der Waals surface area contributed by atoms with E-state index in [0.717, 1.165) is 12.1 Å². The number of nitrogens with zero attached hydrogens (tertiary/aromatic N) is 1. The summed E-state index contributed by atoms with van der Waals surface area (Å²) in [5.41, 5.74) is -1.27. The van der Waals surface area contributed by atoms with Crippen molar-refractivity contribution in [2.24, 2.45) is 5.16 Å². The lowest BCUT2D eigenvalue weighted by Crippen LogP contribution is -2.10. The fourth-order valence-electron chi connectivity index (χ4n) is 0.964. The highest BCUT2D eigenvalue weighted by molar-refractivity contribution is 6.69. The standard InChI is InChI=1S/C8H5ClF3NO/c9-7(13-14)5-3-1-2-4-6(5)8(10,11)12/h1-4,14H. The molecule has 0 aromatic heterocycles. The number of rotatable bonds is 1. The zero-order valence-corrected chi connectivity index (χ0v) is 7.47. The Labute approximate surface area is 82.6 Å². The second-order valence-corrected chi connectivity index (χ2v) is 2.79. The summed E-state index contributed by atoms with van der Waals surface area (Å²) in [5, 5.41) is 10.2. The molecule has 0 amide bonds. The minimum atomic E-state index is -4.51. The lowest BCUT2D eigenvalue weighted by molar-refractivity contribution is -0.137. The molecule has 1 aromatic carbocycles. The van der Waals surface area contributed by atoms with Crippen LogP contribution in [0.3, 0.4) is 0 Å². The highest BCUT2D eigenvalue weighted by atomic mass is 35.5. The quantitative estimate of drug-likeness (QED) is 0.443. The average Bonchev–Trinajstić information content (AvgIpc) is 2.15. The molecule has 1 N–H and O–H groups in total. The van der Waals surface area contributed by atoms with Crippen LogP contribution in [0.4, 0.5) is 13.2 Å². The first kappa shape index (κ1) is 10.8. The zero-order valence-electron chi connectivity index (χ0n) is 6.72. The van der Waals surface area contributed by atoms with Crippen molar-refractivity contribution in [3.63, 3.8) is 0 Å². The van der Waals surface area contributed by atoms with Gasteiger partial charge in [0.25, 0.3) is 0 Å². The molecule has 0 radical (unpaired) electrons. The molecule has 0 aliphatic rings. The molecule has 0 atom stereocenters. The van der Waals surface area contributed by atoms with Crippen molar-refractivity contribution in [1.82, 2.24) is 0 Å². The van der Waals surface area contributed by atoms with E-state index in [1.807, 2.05) is 0 Å². The van der Waals surface area contributed by atoms with Crippen LogP contribution in [0.2, 0.25) is 0 Å². The van der Waals surface area contributed by atoms with Crippen molar-refractivity contribution in [3.8, 4) is 0 Å². The van der Waals surface area contributed by atoms with Crippen LogP contribution < -0.4 is 0 Å². The van der Waals surface area contributed by atoms with Gasteiger partial charge in [0.1, 0.15) is 0 Å². The minimum absolute atomic E-state index is 0.343. The third-order valence-electron chi connectivity index (χ3n) is 1.54. The molecule has 0 bridgehead atoms. The SMILES string of the molecule is ON=C(Cl)c1ccccc1C(F)(F)F. The van der Waals surface area contributed by atoms with Gasteiger partial charge >= 0.3 is 6.18 Å². The summed E-state index contributed by atoms with van der Waals surface area (Å²) in [6.45, 7) is 0. The van der Waals surface area contributed by atoms with Crippen LogP contribution in [0.25, 0.3) is 0 Å². The van der Waals surface area contributed by atoms with Crippen molar-refractivity contribution in [1.29, 1.82) is 0 Å². The predicted molar refractivity (Wildman–Crippen MR) is 45.6 cm³/mol. The molecule has 76 valence electrons. The van der Waals surface area contributed by atoms with E-state index < -0.39 is 16.9 Å². The molecule has 1 rings (SSSR count). The average molecular weight is 224 g/mol. The van der Waals surface area contributed by atoms with Gasteiger partial charge < -0.3 is 5.21 Å². The first-order valence-corrected chi connectivity index (χ1v) is 3.88. The van der Waals surface area contributed by atoms with Crippen LogP contribution in [0, 0.1) is 0 Å². The molecule has 0 aliphatic carbocycles. The molecular formula is C8H5ClF3NO. The zero-order chi connectivity index (χ0) is 10.8. The molecule has 0 unspecified atom stereocenters. The molecule has 14 heavy (non-hydrogen) atoms. The van der Waals surface area contributed by atoms with E-state index in [9.17, 15) is 13.2 Å². The Balaban J connectivity index is 3.31. The molecule has 0 spiro atoms. The van der Waals surface area contributed by atoms with E-state index in [4.69, 9.17) is 16.8 Å². The number of benzene rings is 1. The van der Waals surface area contributed by atoms with E-state index in [1.165, 1.54) is 12.1 Å². The first-order valence-electron chi connectivity index (χ1n) is 3.51. The van der Waals surface area contributed by atoms with Crippen molar-refractivity contribution in [2.75, 3.05) is 0 Å². The summed E-state index contributed by atoms with van der Waals surface area (Å²) in [6.07, 6.45) is -4.51. The normalized spacial score (nSPS) is 13.0.